The Kier molecular flexibility index (Phi) is 22.2. The van der Waals surface area contributed by atoms with Crippen molar-refractivity contribution >= 4 is 70.5 Å². The van der Waals surface area contributed by atoms with Gasteiger partial charge in [0.1, 0.15) is 89.5 Å². The average Bonchev–Trinajstić information content (AvgIpc) is 0.775. The van der Waals surface area contributed by atoms with Crippen molar-refractivity contribution in [3.8, 4) is 57.1 Å². The summed E-state index contributed by atoms with van der Waals surface area (Å²) in [6.07, 6.45) is -18.6. The van der Waals surface area contributed by atoms with Gasteiger partial charge in [0, 0.05) is 34.7 Å². The Balaban J connectivity index is 1.24. The molecule has 5 aromatic rings. The van der Waals surface area contributed by atoms with Gasteiger partial charge in [-0.1, -0.05) is 55.2 Å². The molecule has 35 heteroatoms. The molecule has 2 saturated heterocycles. The minimum Gasteiger partial charge on any atom is -0.508 e. The van der Waals surface area contributed by atoms with Gasteiger partial charge < -0.3 is 128 Å². The number of rotatable bonds is 13. The van der Waals surface area contributed by atoms with Crippen molar-refractivity contribution in [2.45, 2.75) is 156 Å². The Morgan fingerprint density at radius 2 is 1.32 bits per heavy atom. The van der Waals surface area contributed by atoms with Gasteiger partial charge in [0.25, 0.3) is 0 Å². The zero-order valence-corrected chi connectivity index (χ0v) is 55.8. The summed E-state index contributed by atoms with van der Waals surface area (Å²) in [6, 6.07) is -0.679. The van der Waals surface area contributed by atoms with Gasteiger partial charge in [0.05, 0.1) is 41.3 Å². The molecule has 21 N–H and O–H groups in total. The number of ether oxygens (including phenoxy) is 6. The Hall–Kier alpha value is -9.20. The number of aliphatic carboxylic acids is 1. The third-order valence-corrected chi connectivity index (χ3v) is 18.4. The summed E-state index contributed by atoms with van der Waals surface area (Å²) >= 11 is 14.1. The Morgan fingerprint density at radius 3 is 1.90 bits per heavy atom. The molecule has 12 rings (SSSR count). The van der Waals surface area contributed by atoms with Crippen molar-refractivity contribution in [1.29, 1.82) is 0 Å². The Morgan fingerprint density at radius 1 is 0.713 bits per heavy atom. The molecule has 5 aromatic carbocycles. The highest BCUT2D eigenvalue weighted by atomic mass is 35.5. The molecule has 7 aliphatic heterocycles. The highest BCUT2D eigenvalue weighted by Gasteiger charge is 2.51. The molecule has 7 amide bonds. The molecule has 7 aliphatic rings. The number of benzene rings is 5. The van der Waals surface area contributed by atoms with Crippen molar-refractivity contribution in [2.24, 2.45) is 17.4 Å². The summed E-state index contributed by atoms with van der Waals surface area (Å²) in [5.74, 6) is -16.0. The van der Waals surface area contributed by atoms with Crippen molar-refractivity contribution in [1.82, 2.24) is 37.2 Å². The van der Waals surface area contributed by atoms with Crippen LogP contribution in [0.25, 0.3) is 11.1 Å². The summed E-state index contributed by atoms with van der Waals surface area (Å²) < 4.78 is 38.3. The second kappa shape index (κ2) is 30.2. The lowest BCUT2D eigenvalue weighted by Gasteiger charge is -2.47. The van der Waals surface area contributed by atoms with Gasteiger partial charge in [-0.15, -0.1) is 0 Å². The number of likely N-dealkylation sites (N-methyl/N-ethyl adjacent to an activating group) is 1. The van der Waals surface area contributed by atoms with Crippen molar-refractivity contribution in [3.63, 3.8) is 0 Å². The average molecular weight is 1450 g/mol. The van der Waals surface area contributed by atoms with Crippen LogP contribution in [0.3, 0.4) is 0 Å². The first-order chi connectivity index (χ1) is 47.7. The number of nitrogens with two attached hydrogens (primary N) is 2. The molecule has 7 heterocycles. The van der Waals surface area contributed by atoms with Gasteiger partial charge in [-0.05, 0) is 110 Å². The number of phenols is 3. The van der Waals surface area contributed by atoms with Crippen LogP contribution in [0.2, 0.25) is 10.0 Å². The molecule has 0 radical (unpaired) electrons. The van der Waals surface area contributed by atoms with Gasteiger partial charge in [0.2, 0.25) is 53.4 Å². The van der Waals surface area contributed by atoms with Gasteiger partial charge in [-0.25, -0.2) is 4.79 Å². The third-order valence-electron chi connectivity index (χ3n) is 17.8. The summed E-state index contributed by atoms with van der Waals surface area (Å²) in [7, 11) is 1.47. The van der Waals surface area contributed by atoms with E-state index in [0.29, 0.717) is 0 Å². The normalized spacial score (nSPS) is 29.4. The van der Waals surface area contributed by atoms with Crippen LogP contribution in [0.1, 0.15) is 105 Å². The van der Waals surface area contributed by atoms with Crippen LogP contribution in [0.15, 0.2) is 78.9 Å². The van der Waals surface area contributed by atoms with Crippen LogP contribution >= 0.6 is 23.2 Å². The Labute approximate surface area is 584 Å². The quantitative estimate of drug-likeness (QED) is 0.0743. The molecule has 2 fully saturated rings. The maximum absolute atomic E-state index is 16.0. The summed E-state index contributed by atoms with van der Waals surface area (Å²) in [5.41, 5.74) is 8.00. The minimum atomic E-state index is -2.35. The summed E-state index contributed by atoms with van der Waals surface area (Å²) in [6.45, 7) is 5.66. The zero-order chi connectivity index (χ0) is 73.5. The number of carboxylic acid groups (broad SMARTS) is 1. The highest BCUT2D eigenvalue weighted by Crippen LogP contribution is 2.50. The number of aromatic hydroxyl groups is 3. The standard InChI is InChI=1S/C66H75Cl2N9O24/c1-23(2)12-34(71-5)58(88)76-49-51(83)26-7-10-38(32(67)14-26)97-40-16-28-17-41(55(40)101-65-56(54(86)53(85)42(22-78)99-65)100-44-21-66(4,70)57(87)24(3)96-44)98-39-11-8-27(15-33(39)68)52(84)50-63(93)75-48(64(94)95)31-18-29(79)19-37(81)45(31)30-13-25(6-9-36(30)80)46(60(90)77-50)74-61(91)47(28)73-59(89)35(20-43(69)82)72-62(49)92/h6-11,13-19,23-24,34-35,42,44,46-54,56-57,65,71,78-81,83-87H,12,20-22,70H2,1-5H3,(H2,69,82)(H,72,92)(H,73,89)(H,74,91)(H,75,93)(H,76,88)(H,77,90)(H,94,95)/t24-,34+,35?,42?,44-,46+,47+,48-,49+,50-,51+,52+,53+,54-,56+,57+,65-,66-/m0/s1. The lowest BCUT2D eigenvalue weighted by atomic mass is 9.86. The zero-order valence-electron chi connectivity index (χ0n) is 54.3. The van der Waals surface area contributed by atoms with E-state index in [4.69, 9.17) is 63.1 Å². The predicted octanol–water partition coefficient (Wildman–Crippen LogP) is 0.106. The number of nitrogens with one attached hydrogen (secondary N) is 7. The number of primary amides is 1. The van der Waals surface area contributed by atoms with E-state index in [2.05, 4.69) is 37.2 Å². The molecule has 11 bridgehead atoms. The van der Waals surface area contributed by atoms with E-state index in [-0.39, 0.29) is 46.2 Å². The van der Waals surface area contributed by atoms with E-state index < -0.39 is 237 Å². The number of fused-ring (bicyclic) bond motifs is 15. The molecule has 2 unspecified atom stereocenters. The highest BCUT2D eigenvalue weighted by molar-refractivity contribution is 6.32. The number of carboxylic acids is 1. The molecule has 0 aromatic heterocycles. The number of aliphatic hydroxyl groups excluding tert-OH is 6. The molecule has 0 aliphatic carbocycles. The van der Waals surface area contributed by atoms with Gasteiger partial charge >= 0.3 is 5.97 Å². The summed E-state index contributed by atoms with van der Waals surface area (Å²) in [5, 5.41) is 131. The first-order valence-corrected chi connectivity index (χ1v) is 32.4. The van der Waals surface area contributed by atoms with Crippen LogP contribution in [0.4, 0.5) is 0 Å². The lowest BCUT2D eigenvalue weighted by molar-refractivity contribution is -0.333. The van der Waals surface area contributed by atoms with Gasteiger partial charge in [-0.2, -0.15) is 0 Å². The summed E-state index contributed by atoms with van der Waals surface area (Å²) in [4.78, 5) is 117. The first kappa shape index (κ1) is 74.5. The van der Waals surface area contributed by atoms with Crippen LogP contribution in [-0.2, 0) is 52.6 Å². The van der Waals surface area contributed by atoms with E-state index in [1.807, 2.05) is 13.8 Å². The lowest BCUT2D eigenvalue weighted by Crippen LogP contribution is -2.64. The van der Waals surface area contributed by atoms with Crippen LogP contribution < -0.4 is 62.9 Å². The molecule has 33 nitrogen and oxygen atoms in total. The van der Waals surface area contributed by atoms with Crippen molar-refractivity contribution in [3.05, 3.63) is 117 Å². The molecule has 542 valence electrons. The fraction of sp³-hybridized carbons (Fsp3) is 0.424. The number of hydrogen-bond acceptors (Lipinski definition) is 25. The largest absolute Gasteiger partial charge is 0.508 e. The first-order valence-electron chi connectivity index (χ1n) is 31.6. The molecule has 0 saturated carbocycles. The van der Waals surface area contributed by atoms with Gasteiger partial charge in [-0.3, -0.25) is 33.6 Å². The van der Waals surface area contributed by atoms with Crippen LogP contribution in [0.5, 0.6) is 46.0 Å². The number of hydrogen-bond donors (Lipinski definition) is 19. The third kappa shape index (κ3) is 15.8. The molecular weight excluding hydrogens is 1370 g/mol. The van der Waals surface area contributed by atoms with Crippen molar-refractivity contribution in [2.75, 3.05) is 13.7 Å². The smallest absolute Gasteiger partial charge is 0.330 e. The van der Waals surface area contributed by atoms with Gasteiger partial charge in [0.15, 0.2) is 29.9 Å². The van der Waals surface area contributed by atoms with Crippen LogP contribution in [0, 0.1) is 5.92 Å². The number of carbonyl (C=O) groups excluding carboxylic acids is 7. The fourth-order valence-electron chi connectivity index (χ4n) is 12.5. The molecule has 101 heavy (non-hydrogen) atoms. The number of aliphatic hydroxyl groups is 6. The Bertz CT molecular complexity index is 4070. The molecular formula is C66H75Cl2N9O24. The second-order valence-corrected chi connectivity index (χ2v) is 26.5. The van der Waals surface area contributed by atoms with E-state index in [0.717, 1.165) is 66.7 Å². The predicted molar refractivity (Wildman–Crippen MR) is 349 cm³/mol. The minimum absolute atomic E-state index is 0.0975. The van der Waals surface area contributed by atoms with E-state index in [1.165, 1.54) is 33.0 Å². The number of amides is 7. The SMILES string of the molecule is CN[C@H](CC(C)C)C(=O)N[C@H]1C(=O)NC(CC(N)=O)C(=O)N[C@H]2C(=O)N[C@H]3C(=O)N[C@H](C(=O)N[C@H](C(=O)O)c4cc(O)cc(O)c4-c4cc3ccc4O)[C@H](O)c3ccc(c(Cl)c3)Oc3cc2cc(c3O[C@@H]2OC(CO)[C@@H](O)[C@H](O)[C@H]2O[C@H]2C[C@](C)(N)[C@H](O)[C@H](C)O2)Oc2ccc(cc2Cl)[C@H]1O. The van der Waals surface area contributed by atoms with E-state index in [9.17, 15) is 75.0 Å². The molecule has 0 spiro atoms. The second-order valence-electron chi connectivity index (χ2n) is 25.7. The number of phenolic OH excluding ortho intramolecular Hbond substituents is 3. The monoisotopic (exact) mass is 1450 g/mol. The van der Waals surface area contributed by atoms with E-state index in [1.54, 1.807) is 0 Å². The topological polar surface area (TPSA) is 530 Å². The number of carbonyl (C=O) groups is 8. The van der Waals surface area contributed by atoms with Crippen molar-refractivity contribution < 1.29 is 118 Å². The van der Waals surface area contributed by atoms with E-state index >= 15 is 14.4 Å². The maximum Gasteiger partial charge on any atom is 0.330 e. The molecule has 18 atom stereocenters. The van der Waals surface area contributed by atoms with Crippen LogP contribution in [-0.4, -0.2) is 191 Å². The fourth-order valence-corrected chi connectivity index (χ4v) is 12.9. The maximum atomic E-state index is 16.0. The number of halogens is 2.